The summed E-state index contributed by atoms with van der Waals surface area (Å²) in [7, 11) is 0. The van der Waals surface area contributed by atoms with Crippen LogP contribution in [-0.2, 0) is 36.9 Å². The van der Waals surface area contributed by atoms with Crippen molar-refractivity contribution in [3.8, 4) is 17.0 Å². The second kappa shape index (κ2) is 9.25. The number of fused-ring (bicyclic) bond motifs is 3. The lowest BCUT2D eigenvalue weighted by Gasteiger charge is -2.21. The minimum atomic E-state index is -0.0995. The Kier molecular flexibility index (Phi) is 5.85. The molecule has 5 nitrogen and oxygen atoms in total. The Bertz CT molecular complexity index is 1290. The Morgan fingerprint density at radius 3 is 2.33 bits per heavy atom. The smallest absolute Gasteiger partial charge is 0.229 e. The summed E-state index contributed by atoms with van der Waals surface area (Å²) >= 11 is 0. The molecule has 164 valence electrons. The van der Waals surface area contributed by atoms with E-state index in [0.29, 0.717) is 18.7 Å². The van der Waals surface area contributed by atoms with Gasteiger partial charge in [0, 0.05) is 5.56 Å². The first kappa shape index (κ1) is 20.9. The molecule has 5 rings (SSSR count). The molecular weight excluding hydrogens is 410 g/mol. The highest BCUT2D eigenvalue weighted by atomic mass is 16.3. The second-order valence-corrected chi connectivity index (χ2v) is 8.35. The van der Waals surface area contributed by atoms with E-state index in [-0.39, 0.29) is 11.7 Å². The summed E-state index contributed by atoms with van der Waals surface area (Å²) in [4.78, 5) is 22.7. The Morgan fingerprint density at radius 1 is 0.848 bits per heavy atom. The lowest BCUT2D eigenvalue weighted by Crippen LogP contribution is -2.20. The SMILES string of the molecule is O=C(Cc1ccccc1)Nc1nc2c(nc1CCc1ccccc1)-c1ccc(O)cc1CC2. The average Bonchev–Trinajstić information content (AvgIpc) is 2.83. The zero-order valence-corrected chi connectivity index (χ0v) is 18.3. The number of aromatic nitrogens is 2. The van der Waals surface area contributed by atoms with E-state index in [0.717, 1.165) is 53.0 Å². The molecule has 0 unspecified atom stereocenters. The van der Waals surface area contributed by atoms with Crippen LogP contribution in [0, 0.1) is 0 Å². The van der Waals surface area contributed by atoms with Crippen molar-refractivity contribution in [3.05, 3.63) is 107 Å². The molecule has 0 radical (unpaired) electrons. The third-order valence-electron chi connectivity index (χ3n) is 5.97. The fraction of sp³-hybridized carbons (Fsp3) is 0.179. The van der Waals surface area contributed by atoms with Crippen LogP contribution in [0.1, 0.15) is 28.1 Å². The summed E-state index contributed by atoms with van der Waals surface area (Å²) in [6.07, 6.45) is 3.27. The van der Waals surface area contributed by atoms with E-state index in [1.807, 2.05) is 54.6 Å². The molecule has 2 N–H and O–H groups in total. The van der Waals surface area contributed by atoms with Crippen LogP contribution >= 0.6 is 0 Å². The minimum absolute atomic E-state index is 0.0995. The molecule has 1 heterocycles. The van der Waals surface area contributed by atoms with Crippen molar-refractivity contribution in [1.82, 2.24) is 9.97 Å². The van der Waals surface area contributed by atoms with Gasteiger partial charge in [-0.3, -0.25) is 4.79 Å². The number of phenols is 1. The first-order valence-electron chi connectivity index (χ1n) is 11.3. The van der Waals surface area contributed by atoms with Crippen molar-refractivity contribution in [1.29, 1.82) is 0 Å². The van der Waals surface area contributed by atoms with Gasteiger partial charge in [-0.25, -0.2) is 9.97 Å². The molecule has 1 aliphatic rings. The summed E-state index contributed by atoms with van der Waals surface area (Å²) < 4.78 is 0. The first-order valence-corrected chi connectivity index (χ1v) is 11.3. The van der Waals surface area contributed by atoms with Crippen molar-refractivity contribution in [2.24, 2.45) is 0 Å². The molecule has 3 aromatic carbocycles. The lowest BCUT2D eigenvalue weighted by atomic mass is 9.91. The van der Waals surface area contributed by atoms with Gasteiger partial charge in [0.25, 0.3) is 0 Å². The summed E-state index contributed by atoms with van der Waals surface area (Å²) in [5.41, 5.74) is 6.76. The predicted molar refractivity (Wildman–Crippen MR) is 129 cm³/mol. The highest BCUT2D eigenvalue weighted by Crippen LogP contribution is 2.34. The van der Waals surface area contributed by atoms with E-state index < -0.39 is 0 Å². The number of aryl methyl sites for hydroxylation is 4. The van der Waals surface area contributed by atoms with Crippen LogP contribution in [0.5, 0.6) is 5.75 Å². The van der Waals surface area contributed by atoms with Gasteiger partial charge in [-0.15, -0.1) is 0 Å². The van der Waals surface area contributed by atoms with E-state index in [9.17, 15) is 9.90 Å². The molecule has 1 aromatic heterocycles. The monoisotopic (exact) mass is 435 g/mol. The molecule has 0 spiro atoms. The predicted octanol–water partition coefficient (Wildman–Crippen LogP) is 4.91. The van der Waals surface area contributed by atoms with Crippen LogP contribution in [0.2, 0.25) is 0 Å². The number of amides is 1. The third kappa shape index (κ3) is 4.77. The number of hydrogen-bond donors (Lipinski definition) is 2. The van der Waals surface area contributed by atoms with Crippen LogP contribution in [0.25, 0.3) is 11.3 Å². The molecule has 0 saturated heterocycles. The normalized spacial score (nSPS) is 12.0. The number of anilines is 1. The molecule has 0 bridgehead atoms. The molecule has 1 aliphatic carbocycles. The van der Waals surface area contributed by atoms with E-state index in [2.05, 4.69) is 17.4 Å². The van der Waals surface area contributed by atoms with E-state index in [4.69, 9.17) is 9.97 Å². The van der Waals surface area contributed by atoms with Crippen LogP contribution < -0.4 is 5.32 Å². The topological polar surface area (TPSA) is 75.1 Å². The van der Waals surface area contributed by atoms with Crippen LogP contribution in [0.15, 0.2) is 78.9 Å². The van der Waals surface area contributed by atoms with Crippen molar-refractivity contribution in [2.45, 2.75) is 32.1 Å². The maximum absolute atomic E-state index is 12.8. The number of benzene rings is 3. The second-order valence-electron chi connectivity index (χ2n) is 8.35. The standard InChI is InChI=1S/C28H25N3O2/c32-22-13-14-23-21(18-22)12-16-24-27(23)29-25(15-11-19-7-3-1-4-8-19)28(30-24)31-26(33)17-20-9-5-2-6-10-20/h1-10,13-14,18,32H,11-12,15-17H2,(H,30,31,33). The summed E-state index contributed by atoms with van der Waals surface area (Å²) in [6, 6.07) is 25.3. The lowest BCUT2D eigenvalue weighted by molar-refractivity contribution is -0.115. The highest BCUT2D eigenvalue weighted by Gasteiger charge is 2.22. The van der Waals surface area contributed by atoms with Gasteiger partial charge in [0.15, 0.2) is 5.82 Å². The van der Waals surface area contributed by atoms with Crippen molar-refractivity contribution >= 4 is 11.7 Å². The molecular formula is C28H25N3O2. The summed E-state index contributed by atoms with van der Waals surface area (Å²) in [5, 5.41) is 12.9. The van der Waals surface area contributed by atoms with E-state index in [1.54, 1.807) is 12.1 Å². The van der Waals surface area contributed by atoms with Gasteiger partial charge >= 0.3 is 0 Å². The molecule has 0 fully saturated rings. The highest BCUT2D eigenvalue weighted by molar-refractivity contribution is 5.92. The quantitative estimate of drug-likeness (QED) is 0.451. The zero-order valence-electron chi connectivity index (χ0n) is 18.3. The number of carbonyl (C=O) groups is 1. The van der Waals surface area contributed by atoms with Crippen LogP contribution in [0.4, 0.5) is 5.82 Å². The molecule has 33 heavy (non-hydrogen) atoms. The average molecular weight is 436 g/mol. The van der Waals surface area contributed by atoms with Crippen LogP contribution in [0.3, 0.4) is 0 Å². The number of aromatic hydroxyl groups is 1. The van der Waals surface area contributed by atoms with Gasteiger partial charge in [0.1, 0.15) is 5.75 Å². The van der Waals surface area contributed by atoms with Crippen LogP contribution in [-0.4, -0.2) is 21.0 Å². The maximum Gasteiger partial charge on any atom is 0.229 e. The largest absolute Gasteiger partial charge is 0.508 e. The van der Waals surface area contributed by atoms with Crippen molar-refractivity contribution < 1.29 is 9.90 Å². The molecule has 1 amide bonds. The van der Waals surface area contributed by atoms with Gasteiger partial charge in [0.05, 0.1) is 23.5 Å². The van der Waals surface area contributed by atoms with E-state index >= 15 is 0 Å². The molecule has 0 aliphatic heterocycles. The van der Waals surface area contributed by atoms with Gasteiger partial charge in [-0.2, -0.15) is 0 Å². The van der Waals surface area contributed by atoms with Gasteiger partial charge in [0.2, 0.25) is 5.91 Å². The van der Waals surface area contributed by atoms with Crippen molar-refractivity contribution in [3.63, 3.8) is 0 Å². The zero-order chi connectivity index (χ0) is 22.6. The van der Waals surface area contributed by atoms with E-state index in [1.165, 1.54) is 5.56 Å². The van der Waals surface area contributed by atoms with Gasteiger partial charge in [-0.1, -0.05) is 60.7 Å². The van der Waals surface area contributed by atoms with Gasteiger partial charge < -0.3 is 10.4 Å². The Labute approximate surface area is 193 Å². The maximum atomic E-state index is 12.8. The third-order valence-corrected chi connectivity index (χ3v) is 5.97. The Morgan fingerprint density at radius 2 is 1.58 bits per heavy atom. The number of rotatable bonds is 6. The fourth-order valence-corrected chi connectivity index (χ4v) is 4.31. The number of phenolic OH excluding ortho intramolecular Hbond substituents is 1. The minimum Gasteiger partial charge on any atom is -0.508 e. The first-order chi connectivity index (χ1) is 16.2. The number of hydrogen-bond acceptors (Lipinski definition) is 4. The van der Waals surface area contributed by atoms with Crippen molar-refractivity contribution in [2.75, 3.05) is 5.32 Å². The number of nitrogens with one attached hydrogen (secondary N) is 1. The number of nitrogens with zero attached hydrogens (tertiary/aromatic N) is 2. The van der Waals surface area contributed by atoms with Gasteiger partial charge in [-0.05, 0) is 60.6 Å². The summed E-state index contributed by atoms with van der Waals surface area (Å²) in [5.74, 6) is 0.713. The molecule has 0 atom stereocenters. The molecule has 5 heteroatoms. The molecule has 4 aromatic rings. The Hall–Kier alpha value is -3.99. The number of carbonyl (C=O) groups excluding carboxylic acids is 1. The fourth-order valence-electron chi connectivity index (χ4n) is 4.31. The summed E-state index contributed by atoms with van der Waals surface area (Å²) in [6.45, 7) is 0. The Balaban J connectivity index is 1.47. The molecule has 0 saturated carbocycles.